The van der Waals surface area contributed by atoms with E-state index in [9.17, 15) is 4.79 Å². The summed E-state index contributed by atoms with van der Waals surface area (Å²) in [4.78, 5) is 11.2. The highest BCUT2D eigenvalue weighted by atomic mass is 16.7. The average molecular weight is 242 g/mol. The molecule has 1 saturated heterocycles. The molecule has 4 heteroatoms. The molecule has 17 heavy (non-hydrogen) atoms. The van der Waals surface area contributed by atoms with Gasteiger partial charge in [0, 0.05) is 19.3 Å². The maximum atomic E-state index is 11.2. The van der Waals surface area contributed by atoms with Gasteiger partial charge in [0.1, 0.15) is 0 Å². The van der Waals surface area contributed by atoms with Crippen molar-refractivity contribution in [2.24, 2.45) is 0 Å². The van der Waals surface area contributed by atoms with Crippen LogP contribution >= 0.6 is 0 Å². The summed E-state index contributed by atoms with van der Waals surface area (Å²) in [6.07, 6.45) is 6.86. The minimum absolute atomic E-state index is 0.0671. The molecule has 1 spiro atoms. The maximum absolute atomic E-state index is 11.2. The lowest BCUT2D eigenvalue weighted by molar-refractivity contribution is -0.188. The highest BCUT2D eigenvalue weighted by Gasteiger charge is 2.41. The number of hydrogen-bond acceptors (Lipinski definition) is 4. The van der Waals surface area contributed by atoms with Gasteiger partial charge in [0.15, 0.2) is 5.79 Å². The fourth-order valence-corrected chi connectivity index (χ4v) is 2.62. The molecule has 0 amide bonds. The first-order valence-corrected chi connectivity index (χ1v) is 6.71. The van der Waals surface area contributed by atoms with Gasteiger partial charge in [-0.05, 0) is 26.2 Å². The number of carbonyl (C=O) groups excluding carboxylic acids is 1. The van der Waals surface area contributed by atoms with Gasteiger partial charge in [-0.2, -0.15) is 0 Å². The lowest BCUT2D eigenvalue weighted by atomic mass is 9.94. The molecule has 0 aromatic heterocycles. The summed E-state index contributed by atoms with van der Waals surface area (Å²) in [7, 11) is 0. The van der Waals surface area contributed by atoms with Gasteiger partial charge < -0.3 is 14.2 Å². The molecule has 1 aliphatic heterocycles. The highest BCUT2D eigenvalue weighted by Crippen LogP contribution is 2.38. The largest absolute Gasteiger partial charge is 0.466 e. The molecule has 2 rings (SSSR count). The van der Waals surface area contributed by atoms with Crippen molar-refractivity contribution >= 4 is 5.97 Å². The van der Waals surface area contributed by atoms with E-state index < -0.39 is 0 Å². The van der Waals surface area contributed by atoms with Crippen LogP contribution in [0.25, 0.3) is 0 Å². The zero-order valence-electron chi connectivity index (χ0n) is 10.6. The lowest BCUT2D eigenvalue weighted by Gasteiger charge is -2.31. The zero-order valence-corrected chi connectivity index (χ0v) is 10.6. The Balaban J connectivity index is 1.72. The van der Waals surface area contributed by atoms with Crippen molar-refractivity contribution in [1.29, 1.82) is 0 Å². The Morgan fingerprint density at radius 3 is 2.82 bits per heavy atom. The molecule has 1 heterocycles. The van der Waals surface area contributed by atoms with Crippen LogP contribution in [0, 0.1) is 0 Å². The number of rotatable bonds is 4. The second-order valence-corrected chi connectivity index (χ2v) is 4.87. The molecule has 0 aromatic carbocycles. The highest BCUT2D eigenvalue weighted by molar-refractivity contribution is 5.69. The Hall–Kier alpha value is -0.610. The SMILES string of the molecule is CCOC(=O)CC[C@H]1COC2(CCCCC2)O1. The number of esters is 1. The summed E-state index contributed by atoms with van der Waals surface area (Å²) in [5, 5.41) is 0. The second-order valence-electron chi connectivity index (χ2n) is 4.87. The first kappa shape index (κ1) is 12.8. The molecule has 0 radical (unpaired) electrons. The Labute approximate surface area is 103 Å². The molecular weight excluding hydrogens is 220 g/mol. The average Bonchev–Trinajstić information content (AvgIpc) is 2.71. The van der Waals surface area contributed by atoms with E-state index in [1.165, 1.54) is 19.3 Å². The van der Waals surface area contributed by atoms with Gasteiger partial charge in [-0.3, -0.25) is 4.79 Å². The van der Waals surface area contributed by atoms with Gasteiger partial charge in [-0.1, -0.05) is 6.42 Å². The minimum atomic E-state index is -0.322. The van der Waals surface area contributed by atoms with Crippen molar-refractivity contribution < 1.29 is 19.0 Å². The smallest absolute Gasteiger partial charge is 0.305 e. The molecule has 2 fully saturated rings. The normalized spacial score (nSPS) is 27.2. The molecule has 0 bridgehead atoms. The molecule has 98 valence electrons. The van der Waals surface area contributed by atoms with Crippen molar-refractivity contribution in [3.63, 3.8) is 0 Å². The molecule has 0 N–H and O–H groups in total. The molecule has 0 aromatic rings. The van der Waals surface area contributed by atoms with Crippen molar-refractivity contribution in [1.82, 2.24) is 0 Å². The lowest BCUT2D eigenvalue weighted by Crippen LogP contribution is -2.33. The third-order valence-electron chi connectivity index (χ3n) is 3.50. The quantitative estimate of drug-likeness (QED) is 0.710. The predicted molar refractivity (Wildman–Crippen MR) is 62.5 cm³/mol. The van der Waals surface area contributed by atoms with Crippen LogP contribution in [-0.2, 0) is 19.0 Å². The van der Waals surface area contributed by atoms with E-state index in [4.69, 9.17) is 14.2 Å². The Morgan fingerprint density at radius 2 is 2.12 bits per heavy atom. The molecule has 1 aliphatic carbocycles. The number of hydrogen-bond donors (Lipinski definition) is 0. The molecular formula is C13H22O4. The summed E-state index contributed by atoms with van der Waals surface area (Å²) >= 11 is 0. The Kier molecular flexibility index (Phi) is 4.40. The third-order valence-corrected chi connectivity index (χ3v) is 3.50. The van der Waals surface area contributed by atoms with E-state index in [0.29, 0.717) is 26.1 Å². The predicted octanol–water partition coefficient (Wildman–Crippen LogP) is 2.41. The van der Waals surface area contributed by atoms with Crippen molar-refractivity contribution in [2.75, 3.05) is 13.2 Å². The molecule has 2 aliphatic rings. The fraction of sp³-hybridized carbons (Fsp3) is 0.923. The van der Waals surface area contributed by atoms with E-state index in [1.807, 2.05) is 6.92 Å². The summed E-state index contributed by atoms with van der Waals surface area (Å²) in [5.74, 6) is -0.460. The topological polar surface area (TPSA) is 44.8 Å². The Bertz CT molecular complexity index is 258. The minimum Gasteiger partial charge on any atom is -0.466 e. The van der Waals surface area contributed by atoms with Crippen molar-refractivity contribution in [2.45, 2.75) is 63.8 Å². The molecule has 4 nitrogen and oxygen atoms in total. The van der Waals surface area contributed by atoms with E-state index in [1.54, 1.807) is 0 Å². The van der Waals surface area contributed by atoms with Gasteiger partial charge in [0.05, 0.1) is 19.3 Å². The van der Waals surface area contributed by atoms with E-state index in [2.05, 4.69) is 0 Å². The van der Waals surface area contributed by atoms with Gasteiger partial charge >= 0.3 is 5.97 Å². The van der Waals surface area contributed by atoms with Crippen molar-refractivity contribution in [3.8, 4) is 0 Å². The van der Waals surface area contributed by atoms with Crippen LogP contribution in [0.2, 0.25) is 0 Å². The Morgan fingerprint density at radius 1 is 1.35 bits per heavy atom. The monoisotopic (exact) mass is 242 g/mol. The van der Waals surface area contributed by atoms with Crippen LogP contribution in [0.5, 0.6) is 0 Å². The summed E-state index contributed by atoms with van der Waals surface area (Å²) in [6, 6.07) is 0. The second kappa shape index (κ2) is 5.83. The van der Waals surface area contributed by atoms with E-state index in [0.717, 1.165) is 12.8 Å². The molecule has 1 atom stereocenters. The van der Waals surface area contributed by atoms with Crippen LogP contribution in [-0.4, -0.2) is 31.1 Å². The van der Waals surface area contributed by atoms with Gasteiger partial charge in [-0.15, -0.1) is 0 Å². The van der Waals surface area contributed by atoms with Crippen LogP contribution < -0.4 is 0 Å². The standard InChI is InChI=1S/C13H22O4/c1-2-15-12(14)7-6-11-10-16-13(17-11)8-4-3-5-9-13/h11H,2-10H2,1H3/t11-/m0/s1. The van der Waals surface area contributed by atoms with Gasteiger partial charge in [0.25, 0.3) is 0 Å². The number of carbonyl (C=O) groups is 1. The van der Waals surface area contributed by atoms with E-state index in [-0.39, 0.29) is 17.9 Å². The maximum Gasteiger partial charge on any atom is 0.305 e. The van der Waals surface area contributed by atoms with Crippen LogP contribution in [0.3, 0.4) is 0 Å². The van der Waals surface area contributed by atoms with Crippen LogP contribution in [0.4, 0.5) is 0 Å². The molecule has 0 unspecified atom stereocenters. The van der Waals surface area contributed by atoms with Crippen molar-refractivity contribution in [3.05, 3.63) is 0 Å². The van der Waals surface area contributed by atoms with Gasteiger partial charge in [0.2, 0.25) is 0 Å². The fourth-order valence-electron chi connectivity index (χ4n) is 2.62. The van der Waals surface area contributed by atoms with Gasteiger partial charge in [-0.25, -0.2) is 0 Å². The summed E-state index contributed by atoms with van der Waals surface area (Å²) in [5.41, 5.74) is 0. The van der Waals surface area contributed by atoms with Crippen LogP contribution in [0.15, 0.2) is 0 Å². The van der Waals surface area contributed by atoms with E-state index >= 15 is 0 Å². The summed E-state index contributed by atoms with van der Waals surface area (Å²) < 4.78 is 16.7. The van der Waals surface area contributed by atoms with Crippen LogP contribution in [0.1, 0.15) is 51.9 Å². The first-order valence-electron chi connectivity index (χ1n) is 6.71. The molecule has 1 saturated carbocycles. The third kappa shape index (κ3) is 3.42. The summed E-state index contributed by atoms with van der Waals surface area (Å²) in [6.45, 7) is 2.90. The zero-order chi connectivity index (χ0) is 12.1. The number of ether oxygens (including phenoxy) is 3. The first-order chi connectivity index (χ1) is 8.24.